The molecule has 1 aliphatic rings. The van der Waals surface area contributed by atoms with Crippen molar-refractivity contribution < 1.29 is 14.3 Å². The van der Waals surface area contributed by atoms with Gasteiger partial charge >= 0.3 is 6.09 Å². The van der Waals surface area contributed by atoms with Crippen molar-refractivity contribution in [3.05, 3.63) is 28.7 Å². The van der Waals surface area contributed by atoms with Gasteiger partial charge in [-0.1, -0.05) is 12.1 Å². The first-order valence-corrected chi connectivity index (χ1v) is 8.02. The number of carbonyl (C=O) groups excluding carboxylic acids is 1. The Kier molecular flexibility index (Phi) is 5.27. The molecule has 0 saturated carbocycles. The Labute approximate surface area is 134 Å². The van der Waals surface area contributed by atoms with Crippen molar-refractivity contribution in [1.29, 1.82) is 0 Å². The summed E-state index contributed by atoms with van der Waals surface area (Å²) < 4.78 is 11.9. The molecule has 0 bridgehead atoms. The summed E-state index contributed by atoms with van der Waals surface area (Å²) in [6, 6.07) is 7.84. The SMILES string of the molecule is CC(C)(C)OC(=O)N(c1ccccc1Br)C1CCOCC1. The summed E-state index contributed by atoms with van der Waals surface area (Å²) in [5.74, 6) is 0. The third-order valence-corrected chi connectivity index (χ3v) is 3.93. The normalized spacial score (nSPS) is 16.6. The lowest BCUT2D eigenvalue weighted by Gasteiger charge is -2.36. The van der Waals surface area contributed by atoms with E-state index in [9.17, 15) is 4.79 Å². The Morgan fingerprint density at radius 1 is 1.29 bits per heavy atom. The Morgan fingerprint density at radius 2 is 1.90 bits per heavy atom. The fourth-order valence-electron chi connectivity index (χ4n) is 2.35. The molecule has 0 aliphatic carbocycles. The van der Waals surface area contributed by atoms with Crippen LogP contribution in [0.15, 0.2) is 28.7 Å². The Morgan fingerprint density at radius 3 is 2.48 bits per heavy atom. The van der Waals surface area contributed by atoms with E-state index in [2.05, 4.69) is 15.9 Å². The molecule has 1 aromatic carbocycles. The molecular weight excluding hydrogens is 334 g/mol. The summed E-state index contributed by atoms with van der Waals surface area (Å²) >= 11 is 3.53. The summed E-state index contributed by atoms with van der Waals surface area (Å²) in [7, 11) is 0. The maximum Gasteiger partial charge on any atom is 0.415 e. The molecule has 0 aromatic heterocycles. The second-order valence-corrected chi connectivity index (χ2v) is 7.00. The van der Waals surface area contributed by atoms with Gasteiger partial charge in [-0.05, 0) is 61.7 Å². The summed E-state index contributed by atoms with van der Waals surface area (Å²) in [5.41, 5.74) is 0.334. The molecule has 0 spiro atoms. The Hall–Kier alpha value is -1.07. The molecule has 5 heteroatoms. The molecule has 4 nitrogen and oxygen atoms in total. The van der Waals surface area contributed by atoms with E-state index in [1.165, 1.54) is 0 Å². The third-order valence-electron chi connectivity index (χ3n) is 3.26. The first kappa shape index (κ1) is 16.3. The zero-order valence-corrected chi connectivity index (χ0v) is 14.4. The zero-order chi connectivity index (χ0) is 15.5. The highest BCUT2D eigenvalue weighted by atomic mass is 79.9. The molecule has 0 N–H and O–H groups in total. The van der Waals surface area contributed by atoms with Gasteiger partial charge < -0.3 is 9.47 Å². The molecule has 21 heavy (non-hydrogen) atoms. The van der Waals surface area contributed by atoms with Crippen molar-refractivity contribution in [1.82, 2.24) is 0 Å². The standard InChI is InChI=1S/C16H22BrNO3/c1-16(2,3)21-15(19)18(12-8-10-20-11-9-12)14-7-5-4-6-13(14)17/h4-7,12H,8-11H2,1-3H3. The number of halogens is 1. The zero-order valence-electron chi connectivity index (χ0n) is 12.8. The Bertz CT molecular complexity index is 493. The van der Waals surface area contributed by atoms with Crippen LogP contribution in [0.25, 0.3) is 0 Å². The first-order valence-electron chi connectivity index (χ1n) is 7.23. The average Bonchev–Trinajstić information content (AvgIpc) is 2.40. The van der Waals surface area contributed by atoms with Crippen molar-refractivity contribution in [2.75, 3.05) is 18.1 Å². The van der Waals surface area contributed by atoms with Crippen LogP contribution in [0.3, 0.4) is 0 Å². The van der Waals surface area contributed by atoms with E-state index in [1.807, 2.05) is 45.0 Å². The second kappa shape index (κ2) is 6.79. The van der Waals surface area contributed by atoms with E-state index in [1.54, 1.807) is 4.90 Å². The third kappa shape index (κ3) is 4.45. The van der Waals surface area contributed by atoms with Crippen LogP contribution in [-0.4, -0.2) is 30.9 Å². The van der Waals surface area contributed by atoms with Gasteiger partial charge in [0.05, 0.1) is 5.69 Å². The topological polar surface area (TPSA) is 38.8 Å². The first-order chi connectivity index (χ1) is 9.88. The molecule has 0 unspecified atom stereocenters. The van der Waals surface area contributed by atoms with E-state index in [0.29, 0.717) is 13.2 Å². The minimum Gasteiger partial charge on any atom is -0.443 e. The predicted octanol–water partition coefficient (Wildman–Crippen LogP) is 4.37. The van der Waals surface area contributed by atoms with Crippen LogP contribution >= 0.6 is 15.9 Å². The molecule has 1 aliphatic heterocycles. The maximum atomic E-state index is 12.7. The number of benzene rings is 1. The van der Waals surface area contributed by atoms with E-state index in [-0.39, 0.29) is 12.1 Å². The van der Waals surface area contributed by atoms with Gasteiger partial charge in [0.1, 0.15) is 5.60 Å². The lowest BCUT2D eigenvalue weighted by atomic mass is 10.1. The second-order valence-electron chi connectivity index (χ2n) is 6.15. The molecule has 116 valence electrons. The highest BCUT2D eigenvalue weighted by Gasteiger charge is 2.31. The number of amides is 1. The van der Waals surface area contributed by atoms with Crippen LogP contribution in [0.1, 0.15) is 33.6 Å². The molecule has 1 amide bonds. The van der Waals surface area contributed by atoms with Gasteiger partial charge in [0, 0.05) is 23.7 Å². The van der Waals surface area contributed by atoms with Crippen LogP contribution in [0.2, 0.25) is 0 Å². The van der Waals surface area contributed by atoms with Crippen LogP contribution in [-0.2, 0) is 9.47 Å². The van der Waals surface area contributed by atoms with Crippen molar-refractivity contribution in [3.8, 4) is 0 Å². The molecule has 0 atom stereocenters. The highest BCUT2D eigenvalue weighted by Crippen LogP contribution is 2.31. The van der Waals surface area contributed by atoms with Gasteiger partial charge in [0.25, 0.3) is 0 Å². The van der Waals surface area contributed by atoms with Gasteiger partial charge in [0.15, 0.2) is 0 Å². The number of hydrogen-bond acceptors (Lipinski definition) is 3. The number of anilines is 1. The minimum atomic E-state index is -0.512. The number of rotatable bonds is 2. The summed E-state index contributed by atoms with van der Waals surface area (Å²) in [6.45, 7) is 7.00. The molecular formula is C16H22BrNO3. The van der Waals surface area contributed by atoms with Gasteiger partial charge in [-0.25, -0.2) is 4.79 Å². The van der Waals surface area contributed by atoms with Crippen LogP contribution in [0.4, 0.5) is 10.5 Å². The van der Waals surface area contributed by atoms with E-state index in [0.717, 1.165) is 23.0 Å². The summed E-state index contributed by atoms with van der Waals surface area (Å²) in [5, 5.41) is 0. The largest absolute Gasteiger partial charge is 0.443 e. The molecule has 1 aromatic rings. The van der Waals surface area contributed by atoms with Gasteiger partial charge in [-0.3, -0.25) is 4.90 Å². The average molecular weight is 356 g/mol. The van der Waals surface area contributed by atoms with E-state index >= 15 is 0 Å². The van der Waals surface area contributed by atoms with Crippen molar-refractivity contribution in [2.24, 2.45) is 0 Å². The monoisotopic (exact) mass is 355 g/mol. The van der Waals surface area contributed by atoms with Crippen LogP contribution in [0.5, 0.6) is 0 Å². The van der Waals surface area contributed by atoms with Crippen molar-refractivity contribution in [3.63, 3.8) is 0 Å². The Balaban J connectivity index is 2.30. The molecule has 1 heterocycles. The molecule has 2 rings (SSSR count). The maximum absolute atomic E-state index is 12.7. The van der Waals surface area contributed by atoms with Crippen LogP contribution in [0, 0.1) is 0 Å². The van der Waals surface area contributed by atoms with Gasteiger partial charge in [0.2, 0.25) is 0 Å². The van der Waals surface area contributed by atoms with Crippen molar-refractivity contribution >= 4 is 27.7 Å². The highest BCUT2D eigenvalue weighted by molar-refractivity contribution is 9.10. The molecule has 1 fully saturated rings. The van der Waals surface area contributed by atoms with Crippen molar-refractivity contribution in [2.45, 2.75) is 45.3 Å². The predicted molar refractivity (Wildman–Crippen MR) is 86.7 cm³/mol. The number of nitrogens with zero attached hydrogens (tertiary/aromatic N) is 1. The van der Waals surface area contributed by atoms with Gasteiger partial charge in [-0.2, -0.15) is 0 Å². The number of hydrogen-bond donors (Lipinski definition) is 0. The molecule has 1 saturated heterocycles. The fraction of sp³-hybridized carbons (Fsp3) is 0.562. The molecule has 0 radical (unpaired) electrons. The number of carbonyl (C=O) groups is 1. The fourth-order valence-corrected chi connectivity index (χ4v) is 2.82. The number of ether oxygens (including phenoxy) is 2. The number of para-hydroxylation sites is 1. The lowest BCUT2D eigenvalue weighted by Crippen LogP contribution is -2.46. The van der Waals surface area contributed by atoms with E-state index in [4.69, 9.17) is 9.47 Å². The van der Waals surface area contributed by atoms with E-state index < -0.39 is 5.60 Å². The summed E-state index contributed by atoms with van der Waals surface area (Å²) in [6.07, 6.45) is 1.34. The smallest absolute Gasteiger partial charge is 0.415 e. The van der Waals surface area contributed by atoms with Crippen LogP contribution < -0.4 is 4.90 Å². The summed E-state index contributed by atoms with van der Waals surface area (Å²) in [4.78, 5) is 14.4. The minimum absolute atomic E-state index is 0.104. The van der Waals surface area contributed by atoms with Gasteiger partial charge in [-0.15, -0.1) is 0 Å². The lowest BCUT2D eigenvalue weighted by molar-refractivity contribution is 0.0486. The quantitative estimate of drug-likeness (QED) is 0.790.